The van der Waals surface area contributed by atoms with Gasteiger partial charge in [-0.05, 0) is 5.56 Å². The van der Waals surface area contributed by atoms with Gasteiger partial charge in [-0.2, -0.15) is 0 Å². The Morgan fingerprint density at radius 2 is 2.12 bits per heavy atom. The summed E-state index contributed by atoms with van der Waals surface area (Å²) in [6.45, 7) is 2.17. The molecule has 4 heteroatoms. The second-order valence-electron chi connectivity index (χ2n) is 3.48. The van der Waals surface area contributed by atoms with Crippen LogP contribution >= 0.6 is 0 Å². The first kappa shape index (κ1) is 10.5. The lowest BCUT2D eigenvalue weighted by Crippen LogP contribution is -2.27. The van der Waals surface area contributed by atoms with Crippen molar-refractivity contribution < 1.29 is 14.3 Å². The number of ether oxygens (including phenoxy) is 2. The maximum Gasteiger partial charge on any atom is 0.235 e. The molecule has 4 nitrogen and oxygen atoms in total. The standard InChI is InChI=1S/C12H13NO3/c1-10(14)13(12-8-15-9-16-12)7-11-5-3-2-4-6-11/h2-6,8H,7,9H2,1H3. The first-order valence-corrected chi connectivity index (χ1v) is 5.04. The summed E-state index contributed by atoms with van der Waals surface area (Å²) >= 11 is 0. The molecule has 1 heterocycles. The minimum absolute atomic E-state index is 0.0689. The quantitative estimate of drug-likeness (QED) is 0.778. The Morgan fingerprint density at radius 3 is 2.69 bits per heavy atom. The molecule has 1 amide bonds. The number of hydrogen-bond acceptors (Lipinski definition) is 3. The number of carbonyl (C=O) groups is 1. The van der Waals surface area contributed by atoms with Crippen LogP contribution in [0.15, 0.2) is 42.5 Å². The van der Waals surface area contributed by atoms with Crippen LogP contribution in [0.1, 0.15) is 12.5 Å². The molecule has 1 aliphatic rings. The molecule has 0 N–H and O–H groups in total. The summed E-state index contributed by atoms with van der Waals surface area (Å²) in [6.07, 6.45) is 1.46. The summed E-state index contributed by atoms with van der Waals surface area (Å²) in [5.41, 5.74) is 1.05. The summed E-state index contributed by atoms with van der Waals surface area (Å²) in [5.74, 6) is 0.400. The lowest BCUT2D eigenvalue weighted by Gasteiger charge is -2.19. The van der Waals surface area contributed by atoms with Gasteiger partial charge in [0.2, 0.25) is 18.6 Å². The van der Waals surface area contributed by atoms with Gasteiger partial charge in [-0.1, -0.05) is 30.3 Å². The first-order valence-electron chi connectivity index (χ1n) is 5.04. The predicted octanol–water partition coefficient (Wildman–Crippen LogP) is 1.84. The average molecular weight is 219 g/mol. The number of hydrogen-bond donors (Lipinski definition) is 0. The second kappa shape index (κ2) is 4.70. The second-order valence-corrected chi connectivity index (χ2v) is 3.48. The normalized spacial score (nSPS) is 13.7. The highest BCUT2D eigenvalue weighted by molar-refractivity contribution is 5.74. The SMILES string of the molecule is CC(=O)N(Cc1ccccc1)C1=COCO1. The molecular formula is C12H13NO3. The summed E-state index contributed by atoms with van der Waals surface area (Å²) in [4.78, 5) is 13.0. The van der Waals surface area contributed by atoms with E-state index >= 15 is 0 Å². The van der Waals surface area contributed by atoms with E-state index in [2.05, 4.69) is 0 Å². The molecule has 0 bridgehead atoms. The van der Waals surface area contributed by atoms with E-state index in [1.165, 1.54) is 13.2 Å². The van der Waals surface area contributed by atoms with E-state index in [0.29, 0.717) is 12.4 Å². The molecule has 0 spiro atoms. The van der Waals surface area contributed by atoms with Crippen molar-refractivity contribution >= 4 is 5.91 Å². The molecule has 84 valence electrons. The van der Waals surface area contributed by atoms with Gasteiger partial charge in [0.1, 0.15) is 6.26 Å². The Kier molecular flexibility index (Phi) is 3.10. The van der Waals surface area contributed by atoms with E-state index in [9.17, 15) is 4.79 Å². The molecule has 0 atom stereocenters. The van der Waals surface area contributed by atoms with Crippen molar-refractivity contribution in [1.29, 1.82) is 0 Å². The van der Waals surface area contributed by atoms with Gasteiger partial charge in [0.15, 0.2) is 0 Å². The highest BCUT2D eigenvalue weighted by atomic mass is 16.7. The van der Waals surface area contributed by atoms with E-state index in [1.807, 2.05) is 30.3 Å². The molecule has 16 heavy (non-hydrogen) atoms. The highest BCUT2D eigenvalue weighted by Gasteiger charge is 2.19. The summed E-state index contributed by atoms with van der Waals surface area (Å²) in [6, 6.07) is 9.75. The molecule has 1 aromatic rings. The zero-order valence-electron chi connectivity index (χ0n) is 9.05. The zero-order valence-corrected chi connectivity index (χ0v) is 9.05. The first-order chi connectivity index (χ1) is 7.77. The fourth-order valence-corrected chi connectivity index (χ4v) is 1.49. The molecule has 0 saturated carbocycles. The Balaban J connectivity index is 2.12. The van der Waals surface area contributed by atoms with Crippen LogP contribution < -0.4 is 0 Å². The Morgan fingerprint density at radius 1 is 1.38 bits per heavy atom. The molecule has 1 aromatic carbocycles. The van der Waals surface area contributed by atoms with Gasteiger partial charge in [0.25, 0.3) is 0 Å². The van der Waals surface area contributed by atoms with Crippen molar-refractivity contribution in [2.45, 2.75) is 13.5 Å². The van der Waals surface area contributed by atoms with Crippen molar-refractivity contribution in [3.63, 3.8) is 0 Å². The molecular weight excluding hydrogens is 206 g/mol. The summed E-state index contributed by atoms with van der Waals surface area (Å²) in [5, 5.41) is 0. The maximum absolute atomic E-state index is 11.5. The fraction of sp³-hybridized carbons (Fsp3) is 0.250. The van der Waals surface area contributed by atoms with Crippen LogP contribution in [0.3, 0.4) is 0 Å². The number of rotatable bonds is 3. The zero-order chi connectivity index (χ0) is 11.4. The Hall–Kier alpha value is -1.97. The van der Waals surface area contributed by atoms with Crippen molar-refractivity contribution in [3.05, 3.63) is 48.0 Å². The smallest absolute Gasteiger partial charge is 0.235 e. The number of carbonyl (C=O) groups excluding carboxylic acids is 1. The number of benzene rings is 1. The van der Waals surface area contributed by atoms with Gasteiger partial charge >= 0.3 is 0 Å². The van der Waals surface area contributed by atoms with E-state index in [-0.39, 0.29) is 12.7 Å². The Bertz CT molecular complexity index is 400. The lowest BCUT2D eigenvalue weighted by molar-refractivity contribution is -0.130. The minimum atomic E-state index is -0.0689. The fourth-order valence-electron chi connectivity index (χ4n) is 1.49. The molecule has 0 saturated heterocycles. The van der Waals surface area contributed by atoms with Crippen LogP contribution in [0.4, 0.5) is 0 Å². The van der Waals surface area contributed by atoms with Crippen molar-refractivity contribution in [2.75, 3.05) is 6.79 Å². The van der Waals surface area contributed by atoms with Crippen molar-refractivity contribution in [1.82, 2.24) is 4.90 Å². The van der Waals surface area contributed by atoms with Gasteiger partial charge in [0, 0.05) is 6.92 Å². The third-order valence-corrected chi connectivity index (χ3v) is 2.29. The van der Waals surface area contributed by atoms with Crippen molar-refractivity contribution in [2.24, 2.45) is 0 Å². The molecule has 1 aliphatic heterocycles. The van der Waals surface area contributed by atoms with E-state index < -0.39 is 0 Å². The van der Waals surface area contributed by atoms with Crippen LogP contribution in [0, 0.1) is 0 Å². The largest absolute Gasteiger partial charge is 0.459 e. The topological polar surface area (TPSA) is 38.8 Å². The van der Waals surface area contributed by atoms with Crippen LogP contribution in [0.2, 0.25) is 0 Å². The third-order valence-electron chi connectivity index (χ3n) is 2.29. The highest BCUT2D eigenvalue weighted by Crippen LogP contribution is 2.16. The molecule has 0 fully saturated rings. The van der Waals surface area contributed by atoms with Crippen LogP contribution in [0.25, 0.3) is 0 Å². The minimum Gasteiger partial charge on any atom is -0.459 e. The van der Waals surface area contributed by atoms with E-state index in [1.54, 1.807) is 4.90 Å². The monoisotopic (exact) mass is 219 g/mol. The van der Waals surface area contributed by atoms with Crippen LogP contribution in [0.5, 0.6) is 0 Å². The number of amides is 1. The van der Waals surface area contributed by atoms with E-state index in [0.717, 1.165) is 5.56 Å². The molecule has 0 aliphatic carbocycles. The maximum atomic E-state index is 11.5. The molecule has 2 rings (SSSR count). The Labute approximate surface area is 94.1 Å². The summed E-state index contributed by atoms with van der Waals surface area (Å²) in [7, 11) is 0. The van der Waals surface area contributed by atoms with Gasteiger partial charge in [-0.15, -0.1) is 0 Å². The molecule has 0 unspecified atom stereocenters. The molecule has 0 radical (unpaired) electrons. The summed E-state index contributed by atoms with van der Waals surface area (Å²) < 4.78 is 10.1. The van der Waals surface area contributed by atoms with Crippen LogP contribution in [-0.4, -0.2) is 17.6 Å². The number of nitrogens with zero attached hydrogens (tertiary/aromatic N) is 1. The van der Waals surface area contributed by atoms with Crippen molar-refractivity contribution in [3.8, 4) is 0 Å². The van der Waals surface area contributed by atoms with Gasteiger partial charge in [0.05, 0.1) is 6.54 Å². The lowest BCUT2D eigenvalue weighted by atomic mass is 10.2. The van der Waals surface area contributed by atoms with Gasteiger partial charge in [-0.25, -0.2) is 0 Å². The van der Waals surface area contributed by atoms with Gasteiger partial charge in [-0.3, -0.25) is 9.69 Å². The third kappa shape index (κ3) is 2.34. The predicted molar refractivity (Wildman–Crippen MR) is 57.8 cm³/mol. The van der Waals surface area contributed by atoms with E-state index in [4.69, 9.17) is 9.47 Å². The average Bonchev–Trinajstić information content (AvgIpc) is 2.80. The molecule has 0 aromatic heterocycles. The van der Waals surface area contributed by atoms with Crippen LogP contribution in [-0.2, 0) is 20.8 Å². The van der Waals surface area contributed by atoms with Gasteiger partial charge < -0.3 is 9.47 Å².